The van der Waals surface area contributed by atoms with Crippen LogP contribution in [0.1, 0.15) is 137 Å². The van der Waals surface area contributed by atoms with E-state index in [2.05, 4.69) is 75.5 Å². The summed E-state index contributed by atoms with van der Waals surface area (Å²) in [6.45, 7) is 22.0. The van der Waals surface area contributed by atoms with Crippen LogP contribution in [-0.2, 0) is 14.3 Å². The lowest BCUT2D eigenvalue weighted by molar-refractivity contribution is -0.249. The number of nitrogens with zero attached hydrogens (tertiary/aromatic N) is 2. The van der Waals surface area contributed by atoms with Crippen LogP contribution in [0.5, 0.6) is 0 Å². The highest BCUT2D eigenvalue weighted by Crippen LogP contribution is 2.78. The highest BCUT2D eigenvalue weighted by atomic mass is 32.1. The Kier molecular flexibility index (Phi) is 8.18. The molecule has 2 aromatic heterocycles. The molecule has 1 unspecified atom stereocenters. The summed E-state index contributed by atoms with van der Waals surface area (Å²) in [7, 11) is 0. The van der Waals surface area contributed by atoms with E-state index < -0.39 is 0 Å². The van der Waals surface area contributed by atoms with Gasteiger partial charge in [0.1, 0.15) is 11.9 Å². The number of carbonyl (C=O) groups excluding carboxylic acids is 2. The Morgan fingerprint density at radius 3 is 2.46 bits per heavy atom. The van der Waals surface area contributed by atoms with Gasteiger partial charge in [-0.25, -0.2) is 4.98 Å². The number of thiophene rings is 1. The zero-order chi connectivity index (χ0) is 35.4. The molecule has 1 amide bonds. The van der Waals surface area contributed by atoms with Crippen LogP contribution >= 0.6 is 11.3 Å². The van der Waals surface area contributed by atoms with Gasteiger partial charge in [0.25, 0.3) is 0 Å². The zero-order valence-electron chi connectivity index (χ0n) is 31.8. The molecule has 2 aromatic rings. The minimum atomic E-state index is -0.312. The second-order valence-corrected chi connectivity index (χ2v) is 20.1. The molecule has 6 aliphatic rings. The first kappa shape index (κ1) is 34.7. The lowest BCUT2D eigenvalue weighted by atomic mass is 9.32. The average molecular weight is 700 g/mol. The summed E-state index contributed by atoms with van der Waals surface area (Å²) in [6.07, 6.45) is 15.2. The number of rotatable bonds is 5. The van der Waals surface area contributed by atoms with Gasteiger partial charge < -0.3 is 14.6 Å². The molecule has 8 rings (SSSR count). The normalized spacial score (nSPS) is 43.3. The molecule has 7 heteroatoms. The molecule has 3 heterocycles. The first-order valence-corrected chi connectivity index (χ1v) is 20.8. The molecule has 50 heavy (non-hydrogen) atoms. The number of imidazole rings is 1. The second kappa shape index (κ2) is 11.8. The molecule has 6 nitrogen and oxygen atoms in total. The Balaban J connectivity index is 1.11. The van der Waals surface area contributed by atoms with Crippen LogP contribution in [-0.4, -0.2) is 39.4 Å². The molecule has 1 aliphatic heterocycles. The van der Waals surface area contributed by atoms with E-state index in [4.69, 9.17) is 9.72 Å². The van der Waals surface area contributed by atoms with Crippen LogP contribution in [0.4, 0.5) is 0 Å². The van der Waals surface area contributed by atoms with Crippen molar-refractivity contribution >= 4 is 23.2 Å². The molecule has 1 saturated heterocycles. The molecular weight excluding hydrogens is 639 g/mol. The molecule has 0 bridgehead atoms. The molecular formula is C43H61N3O3S. The number of hydrogen-bond donors (Lipinski definition) is 1. The maximum Gasteiger partial charge on any atom is 0.302 e. The van der Waals surface area contributed by atoms with E-state index in [-0.39, 0.29) is 45.2 Å². The topological polar surface area (TPSA) is 75.3 Å². The Bertz CT molecular complexity index is 1660. The van der Waals surface area contributed by atoms with Gasteiger partial charge in [-0.3, -0.25) is 9.59 Å². The number of amides is 1. The third-order valence-electron chi connectivity index (χ3n) is 17.0. The molecule has 1 N–H and O–H groups in total. The smallest absolute Gasteiger partial charge is 0.302 e. The monoisotopic (exact) mass is 699 g/mol. The number of H-pyrrole nitrogens is 1. The molecule has 0 spiro atoms. The summed E-state index contributed by atoms with van der Waals surface area (Å²) in [5, 5.41) is 2.10. The van der Waals surface area contributed by atoms with Crippen molar-refractivity contribution in [1.82, 2.24) is 14.9 Å². The maximum absolute atomic E-state index is 15.4. The predicted octanol–water partition coefficient (Wildman–Crippen LogP) is 10.4. The van der Waals surface area contributed by atoms with Crippen molar-refractivity contribution in [1.29, 1.82) is 0 Å². The van der Waals surface area contributed by atoms with Gasteiger partial charge in [-0.1, -0.05) is 52.8 Å². The second-order valence-electron chi connectivity index (χ2n) is 19.1. The first-order chi connectivity index (χ1) is 23.7. The summed E-state index contributed by atoms with van der Waals surface area (Å²) >= 11 is 1.72. The number of fused-ring (bicyclic) bond motifs is 7. The number of nitrogens with one attached hydrogen (secondary N) is 1. The summed E-state index contributed by atoms with van der Waals surface area (Å²) in [5.74, 6) is 3.68. The van der Waals surface area contributed by atoms with Crippen LogP contribution < -0.4 is 0 Å². The van der Waals surface area contributed by atoms with Crippen molar-refractivity contribution < 1.29 is 14.3 Å². The number of hydrogen-bond acceptors (Lipinski definition) is 5. The van der Waals surface area contributed by atoms with Gasteiger partial charge in [-0.15, -0.1) is 11.3 Å². The van der Waals surface area contributed by atoms with Crippen molar-refractivity contribution in [2.75, 3.05) is 6.54 Å². The van der Waals surface area contributed by atoms with Crippen LogP contribution in [0.3, 0.4) is 0 Å². The van der Waals surface area contributed by atoms with Gasteiger partial charge in [-0.05, 0) is 141 Å². The van der Waals surface area contributed by atoms with Crippen LogP contribution in [0.15, 0.2) is 35.9 Å². The van der Waals surface area contributed by atoms with Gasteiger partial charge in [0.05, 0.1) is 28.2 Å². The number of aromatic nitrogens is 2. The Labute approximate surface area is 304 Å². The molecule has 0 aromatic carbocycles. The standard InChI is InChI=1S/C43H61N3O3S/c1-26(2)28-15-20-43(38(48)46-23-9-11-31(46)37-44-25-30(45-37)32-12-10-24-50-32)22-21-41(7)29(36(28)43)13-14-34-40(6)18-17-35(49-27(3)47)39(4,5)33(40)16-19-42(34,41)8/h10,12,24-25,28-29,31,33-36H,1,9,11,13-23H2,2-8H3,(H,44,45)/t28-,29+,31?,33-,34+,35-,36+,40-,41+,42+,43-/m0/s1. The molecule has 5 aliphatic carbocycles. The summed E-state index contributed by atoms with van der Waals surface area (Å²) in [6, 6.07) is 4.24. The quantitative estimate of drug-likeness (QED) is 0.249. The van der Waals surface area contributed by atoms with E-state index in [9.17, 15) is 4.79 Å². The van der Waals surface area contributed by atoms with Crippen LogP contribution in [0.2, 0.25) is 0 Å². The zero-order valence-corrected chi connectivity index (χ0v) is 32.6. The highest BCUT2D eigenvalue weighted by molar-refractivity contribution is 7.13. The highest BCUT2D eigenvalue weighted by Gasteiger charge is 2.72. The van der Waals surface area contributed by atoms with Crippen LogP contribution in [0, 0.1) is 56.7 Å². The van der Waals surface area contributed by atoms with Gasteiger partial charge >= 0.3 is 5.97 Å². The Morgan fingerprint density at radius 1 is 0.940 bits per heavy atom. The molecule has 272 valence electrons. The van der Waals surface area contributed by atoms with Crippen LogP contribution in [0.25, 0.3) is 10.6 Å². The van der Waals surface area contributed by atoms with Crippen molar-refractivity contribution in [2.45, 2.75) is 138 Å². The fraction of sp³-hybridized carbons (Fsp3) is 0.744. The number of likely N-dealkylation sites (tertiary alicyclic amines) is 1. The predicted molar refractivity (Wildman–Crippen MR) is 200 cm³/mol. The van der Waals surface area contributed by atoms with E-state index in [1.54, 1.807) is 18.3 Å². The van der Waals surface area contributed by atoms with Crippen molar-refractivity contribution in [3.05, 3.63) is 41.7 Å². The summed E-state index contributed by atoms with van der Waals surface area (Å²) < 4.78 is 5.99. The van der Waals surface area contributed by atoms with E-state index in [1.807, 2.05) is 6.20 Å². The minimum absolute atomic E-state index is 0.00310. The van der Waals surface area contributed by atoms with Gasteiger partial charge in [0.2, 0.25) is 5.91 Å². The van der Waals surface area contributed by atoms with Gasteiger partial charge in [0.15, 0.2) is 0 Å². The molecule has 0 radical (unpaired) electrons. The fourth-order valence-electron chi connectivity index (χ4n) is 14.5. The van der Waals surface area contributed by atoms with E-state index in [1.165, 1.54) is 36.1 Å². The molecule has 6 fully saturated rings. The largest absolute Gasteiger partial charge is 0.462 e. The minimum Gasteiger partial charge on any atom is -0.462 e. The van der Waals surface area contributed by atoms with E-state index in [0.717, 1.165) is 69.4 Å². The van der Waals surface area contributed by atoms with E-state index in [0.29, 0.717) is 35.5 Å². The number of carbonyl (C=O) groups is 2. The summed E-state index contributed by atoms with van der Waals surface area (Å²) in [5.41, 5.74) is 2.61. The van der Waals surface area contributed by atoms with Crippen molar-refractivity contribution in [3.63, 3.8) is 0 Å². The summed E-state index contributed by atoms with van der Waals surface area (Å²) in [4.78, 5) is 39.4. The van der Waals surface area contributed by atoms with Gasteiger partial charge in [-0.2, -0.15) is 0 Å². The number of aromatic amines is 1. The number of ether oxygens (including phenoxy) is 1. The fourth-order valence-corrected chi connectivity index (χ4v) is 15.2. The third kappa shape index (κ3) is 4.72. The lowest BCUT2D eigenvalue weighted by Gasteiger charge is -2.73. The molecule has 11 atom stereocenters. The van der Waals surface area contributed by atoms with E-state index >= 15 is 4.79 Å². The first-order valence-electron chi connectivity index (χ1n) is 19.9. The number of esters is 1. The SMILES string of the molecule is C=C(C)[C@@H]1CC[C@]2(C(=O)N3CCCC3c3ncc(-c4cccs4)[nH]3)CC[C@]3(C)[C@H](CC[C@@H]4[C@@]5(C)CC[C@H](OC(C)=O)C(C)(C)[C@@H]5CC[C@]43C)[C@@H]12. The Hall–Kier alpha value is -2.41. The van der Waals surface area contributed by atoms with Crippen molar-refractivity contribution in [3.8, 4) is 10.6 Å². The Morgan fingerprint density at radius 2 is 1.74 bits per heavy atom. The average Bonchev–Trinajstić information content (AvgIpc) is 3.88. The maximum atomic E-state index is 15.4. The number of allylic oxidation sites excluding steroid dienone is 1. The lowest BCUT2D eigenvalue weighted by Crippen LogP contribution is -2.67. The molecule has 5 saturated carbocycles. The third-order valence-corrected chi connectivity index (χ3v) is 17.9. The van der Waals surface area contributed by atoms with Crippen molar-refractivity contribution in [2.24, 2.45) is 56.7 Å². The van der Waals surface area contributed by atoms with Gasteiger partial charge in [0, 0.05) is 18.9 Å².